The zero-order valence-corrected chi connectivity index (χ0v) is 15.0. The fraction of sp³-hybridized carbons (Fsp3) is 0.632. The molecule has 1 aliphatic heterocycles. The molecule has 0 amide bonds. The molecule has 1 heterocycles. The van der Waals surface area contributed by atoms with Crippen LogP contribution in [0.15, 0.2) is 24.3 Å². The Labute approximate surface area is 145 Å². The second-order valence-electron chi connectivity index (χ2n) is 6.45. The van der Waals surface area contributed by atoms with Gasteiger partial charge >= 0.3 is 6.08 Å². The number of hydrogen-bond acceptors (Lipinski definition) is 3. The second-order valence-corrected chi connectivity index (χ2v) is 6.45. The van der Waals surface area contributed by atoms with Crippen molar-refractivity contribution < 1.29 is 19.6 Å². The molecular weight excluding hydrogens is 304 g/mol. The first-order valence-corrected chi connectivity index (χ1v) is 9.12. The van der Waals surface area contributed by atoms with Crippen LogP contribution in [-0.4, -0.2) is 48.4 Å². The highest BCUT2D eigenvalue weighted by Gasteiger charge is 2.17. The summed E-state index contributed by atoms with van der Waals surface area (Å²) in [5, 5.41) is 10.0. The van der Waals surface area contributed by atoms with Crippen LogP contribution in [0.25, 0.3) is 0 Å². The van der Waals surface area contributed by atoms with Gasteiger partial charge in [-0.1, -0.05) is 25.8 Å². The van der Waals surface area contributed by atoms with Crippen molar-refractivity contribution in [3.8, 4) is 5.75 Å². The maximum Gasteiger partial charge on any atom is 0.551 e. The van der Waals surface area contributed by atoms with E-state index in [4.69, 9.17) is 9.47 Å². The molecule has 2 rings (SSSR count). The highest BCUT2D eigenvalue weighted by Crippen LogP contribution is 2.14. The summed E-state index contributed by atoms with van der Waals surface area (Å²) >= 11 is 0. The van der Waals surface area contributed by atoms with E-state index in [1.54, 1.807) is 0 Å². The van der Waals surface area contributed by atoms with Gasteiger partial charge in [0.1, 0.15) is 11.9 Å². The lowest BCUT2D eigenvalue weighted by Gasteiger charge is -2.28. The maximum atomic E-state index is 10.0. The summed E-state index contributed by atoms with van der Waals surface area (Å²) in [6, 6.07) is 7.55. The first-order valence-electron chi connectivity index (χ1n) is 9.12. The minimum atomic E-state index is -0.162. The van der Waals surface area contributed by atoms with Crippen LogP contribution in [-0.2, 0) is 4.74 Å². The van der Waals surface area contributed by atoms with Crippen LogP contribution in [0.3, 0.4) is 0 Å². The third-order valence-electron chi connectivity index (χ3n) is 4.13. The molecule has 1 saturated heterocycles. The molecule has 0 spiro atoms. The summed E-state index contributed by atoms with van der Waals surface area (Å²) in [6.07, 6.45) is 5.75. The van der Waals surface area contributed by atoms with E-state index in [-0.39, 0.29) is 12.2 Å². The first-order chi connectivity index (χ1) is 11.7. The van der Waals surface area contributed by atoms with Crippen LogP contribution in [0.5, 0.6) is 5.75 Å². The zero-order chi connectivity index (χ0) is 17.2. The van der Waals surface area contributed by atoms with E-state index in [0.29, 0.717) is 6.61 Å². The molecule has 1 aromatic carbocycles. The number of rotatable bonds is 8. The van der Waals surface area contributed by atoms with E-state index < -0.39 is 0 Å². The van der Waals surface area contributed by atoms with Gasteiger partial charge in [-0.25, -0.2) is 0 Å². The number of aliphatic hydroxyl groups is 1. The van der Waals surface area contributed by atoms with Crippen LogP contribution < -0.4 is 9.73 Å². The molecule has 1 aliphatic rings. The van der Waals surface area contributed by atoms with Gasteiger partial charge in [-0.2, -0.15) is 0 Å². The number of piperidine rings is 1. The average molecular weight is 335 g/mol. The van der Waals surface area contributed by atoms with Gasteiger partial charge in [-0.05, 0) is 45.3 Å². The minimum Gasteiger partial charge on any atom is -0.493 e. The average Bonchev–Trinajstić information content (AvgIpc) is 2.56. The lowest BCUT2D eigenvalue weighted by Crippen LogP contribution is -2.67. The number of ether oxygens (including phenoxy) is 2. The predicted molar refractivity (Wildman–Crippen MR) is 95.9 cm³/mol. The third-order valence-corrected chi connectivity index (χ3v) is 4.13. The molecule has 2 N–H and O–H groups in total. The quantitative estimate of drug-likeness (QED) is 0.435. The van der Waals surface area contributed by atoms with Crippen molar-refractivity contribution in [1.82, 2.24) is 4.90 Å². The fourth-order valence-corrected chi connectivity index (χ4v) is 2.88. The number of nitrogens with zero attached hydrogens (tertiary/aromatic N) is 1. The topological polar surface area (TPSA) is 55.9 Å². The summed E-state index contributed by atoms with van der Waals surface area (Å²) in [5.41, 5.74) is 0.756. The van der Waals surface area contributed by atoms with Crippen LogP contribution in [0.4, 0.5) is 5.69 Å². The molecule has 1 atom stereocenters. The number of nitrogens with one attached hydrogen (secondary N) is 1. The molecule has 1 fully saturated rings. The molecule has 5 heteroatoms. The minimum absolute atomic E-state index is 0.0559. The van der Waals surface area contributed by atoms with Crippen molar-refractivity contribution in [2.45, 2.75) is 52.1 Å². The van der Waals surface area contributed by atoms with Gasteiger partial charge in [0.2, 0.25) is 5.69 Å². The van der Waals surface area contributed by atoms with Crippen molar-refractivity contribution in [1.29, 1.82) is 0 Å². The summed E-state index contributed by atoms with van der Waals surface area (Å²) in [5.74, 6) is 0.794. The Morgan fingerprint density at radius 1 is 1.29 bits per heavy atom. The molecule has 134 valence electrons. The van der Waals surface area contributed by atoms with E-state index in [1.165, 1.54) is 19.3 Å². The van der Waals surface area contributed by atoms with Crippen LogP contribution >= 0.6 is 0 Å². The van der Waals surface area contributed by atoms with Crippen molar-refractivity contribution in [2.24, 2.45) is 0 Å². The second kappa shape index (κ2) is 10.2. The third kappa shape index (κ3) is 6.79. The zero-order valence-electron chi connectivity index (χ0n) is 15.0. The van der Waals surface area contributed by atoms with Gasteiger partial charge in [0.25, 0.3) is 0 Å². The van der Waals surface area contributed by atoms with Gasteiger partial charge in [0.05, 0.1) is 12.7 Å². The van der Waals surface area contributed by atoms with E-state index in [2.05, 4.69) is 16.8 Å². The monoisotopic (exact) mass is 335 g/mol. The predicted octanol–water partition coefficient (Wildman–Crippen LogP) is 2.38. The Balaban J connectivity index is 1.83. The van der Waals surface area contributed by atoms with Gasteiger partial charge in [-0.15, -0.1) is 4.99 Å². The molecule has 0 unspecified atom stereocenters. The van der Waals surface area contributed by atoms with E-state index in [0.717, 1.165) is 43.9 Å². The molecule has 0 aromatic heterocycles. The standard InChI is InChI=1S/C19H30N2O3/c1-3-4-13-23-18-10-8-9-17(14-18)20-19(22)24-16(2)15-21-11-6-5-7-12-21/h8-10,14,16H,3-7,11-13,15H2,1-2H3,(H,20,22)/p+1/t16-/m0/s1. The number of aliphatic hydroxyl groups excluding tert-OH is 1. The van der Waals surface area contributed by atoms with Gasteiger partial charge < -0.3 is 14.6 Å². The molecule has 0 bridgehead atoms. The molecule has 5 nitrogen and oxygen atoms in total. The van der Waals surface area contributed by atoms with E-state index in [9.17, 15) is 5.11 Å². The molecular formula is C19H31N2O3+. The number of benzene rings is 1. The summed E-state index contributed by atoms with van der Waals surface area (Å²) < 4.78 is 11.2. The lowest BCUT2D eigenvalue weighted by atomic mass is 10.1. The Kier molecular flexibility index (Phi) is 7.89. The first kappa shape index (κ1) is 18.6. The van der Waals surface area contributed by atoms with Gasteiger partial charge in [-0.3, -0.25) is 4.90 Å². The molecule has 1 aromatic rings. The summed E-state index contributed by atoms with van der Waals surface area (Å²) in [7, 11) is 0. The highest BCUT2D eigenvalue weighted by atomic mass is 16.6. The molecule has 0 radical (unpaired) electrons. The Morgan fingerprint density at radius 3 is 2.83 bits per heavy atom. The molecule has 0 aliphatic carbocycles. The largest absolute Gasteiger partial charge is 0.551 e. The number of hydrogen-bond donors (Lipinski definition) is 2. The number of likely N-dealkylation sites (tertiary alicyclic amines) is 1. The van der Waals surface area contributed by atoms with Crippen LogP contribution in [0.2, 0.25) is 0 Å². The maximum absolute atomic E-state index is 10.0. The normalized spacial score (nSPS) is 17.5. The summed E-state index contributed by atoms with van der Waals surface area (Å²) in [4.78, 5) is 5.28. The number of unbranched alkanes of at least 4 members (excludes halogenated alkanes) is 1. The van der Waals surface area contributed by atoms with Crippen LogP contribution in [0, 0.1) is 0 Å². The fourth-order valence-electron chi connectivity index (χ4n) is 2.88. The SMILES string of the molecule is CCCCOc1cccc([NH+]=C(O)O[C@@H](C)CN2CCCCC2)c1. The smallest absolute Gasteiger partial charge is 0.493 e. The van der Waals surface area contributed by atoms with Gasteiger partial charge in [0.15, 0.2) is 0 Å². The van der Waals surface area contributed by atoms with Crippen molar-refractivity contribution >= 4 is 11.8 Å². The van der Waals surface area contributed by atoms with Gasteiger partial charge in [0, 0.05) is 12.6 Å². The molecule has 24 heavy (non-hydrogen) atoms. The highest BCUT2D eigenvalue weighted by molar-refractivity contribution is 5.59. The van der Waals surface area contributed by atoms with Crippen molar-refractivity contribution in [2.75, 3.05) is 26.2 Å². The van der Waals surface area contributed by atoms with Crippen molar-refractivity contribution in [3.05, 3.63) is 24.3 Å². The van der Waals surface area contributed by atoms with Crippen LogP contribution in [0.1, 0.15) is 46.0 Å². The van der Waals surface area contributed by atoms with E-state index in [1.807, 2.05) is 31.2 Å². The Morgan fingerprint density at radius 2 is 2.08 bits per heavy atom. The van der Waals surface area contributed by atoms with E-state index >= 15 is 0 Å². The molecule has 0 saturated carbocycles. The Hall–Kier alpha value is -1.75. The lowest BCUT2D eigenvalue weighted by molar-refractivity contribution is -0.383. The summed E-state index contributed by atoms with van der Waals surface area (Å²) in [6.45, 7) is 7.91. The Bertz CT molecular complexity index is 513. The van der Waals surface area contributed by atoms with Crippen molar-refractivity contribution in [3.63, 3.8) is 0 Å².